The summed E-state index contributed by atoms with van der Waals surface area (Å²) in [6, 6.07) is 0.711. The summed E-state index contributed by atoms with van der Waals surface area (Å²) in [5, 5.41) is 3.25. The number of nitrogens with one attached hydrogen (secondary N) is 1. The summed E-state index contributed by atoms with van der Waals surface area (Å²) in [4.78, 5) is 6.49. The summed E-state index contributed by atoms with van der Waals surface area (Å²) in [7, 11) is 4.17. The van der Waals surface area contributed by atoms with E-state index >= 15 is 0 Å². The highest BCUT2D eigenvalue weighted by atomic mass is 16.5. The molecule has 4 nitrogen and oxygen atoms in total. The average molecular weight is 243 g/mol. The first-order valence-electron chi connectivity index (χ1n) is 6.76. The fraction of sp³-hybridized carbons (Fsp3) is 0.923. The van der Waals surface area contributed by atoms with Gasteiger partial charge in [-0.2, -0.15) is 0 Å². The number of ether oxygens (including phenoxy) is 1. The van der Waals surface area contributed by atoms with Crippen molar-refractivity contribution in [3.63, 3.8) is 0 Å². The Morgan fingerprint density at radius 2 is 1.94 bits per heavy atom. The molecule has 0 atom stereocenters. The highest BCUT2D eigenvalue weighted by molar-refractivity contribution is 5.73. The van der Waals surface area contributed by atoms with Crippen LogP contribution >= 0.6 is 0 Å². The van der Waals surface area contributed by atoms with Gasteiger partial charge in [0.05, 0.1) is 6.61 Å². The maximum atomic E-state index is 5.62. The molecule has 4 heteroatoms. The maximum Gasteiger partial charge on any atom is 0.284 e. The second-order valence-corrected chi connectivity index (χ2v) is 4.42. The zero-order chi connectivity index (χ0) is 12.9. The Hall–Kier alpha value is -0.770. The Morgan fingerprint density at radius 3 is 2.53 bits per heavy atom. The van der Waals surface area contributed by atoms with Crippen LogP contribution in [0.1, 0.15) is 39.5 Å². The molecule has 0 fully saturated rings. The summed E-state index contributed by atoms with van der Waals surface area (Å²) >= 11 is 0. The van der Waals surface area contributed by atoms with Crippen LogP contribution in [0.15, 0.2) is 4.99 Å². The van der Waals surface area contributed by atoms with Gasteiger partial charge < -0.3 is 15.0 Å². The van der Waals surface area contributed by atoms with Crippen molar-refractivity contribution in [3.8, 4) is 0 Å². The highest BCUT2D eigenvalue weighted by Gasteiger charge is 1.99. The second kappa shape index (κ2) is 11.7. The number of amidine groups is 1. The molecule has 0 aromatic carbocycles. The van der Waals surface area contributed by atoms with Crippen molar-refractivity contribution in [2.75, 3.05) is 40.3 Å². The number of aliphatic imine (C=N–C) groups is 1. The van der Waals surface area contributed by atoms with Crippen LogP contribution in [0.5, 0.6) is 0 Å². The molecular weight excluding hydrogens is 214 g/mol. The van der Waals surface area contributed by atoms with Gasteiger partial charge in [0.25, 0.3) is 6.02 Å². The first-order chi connectivity index (χ1) is 8.20. The fourth-order valence-corrected chi connectivity index (χ4v) is 1.41. The summed E-state index contributed by atoms with van der Waals surface area (Å²) in [6.45, 7) is 7.77. The van der Waals surface area contributed by atoms with E-state index in [2.05, 4.69) is 36.2 Å². The van der Waals surface area contributed by atoms with Crippen LogP contribution in [0.2, 0.25) is 0 Å². The molecule has 0 bridgehead atoms. The van der Waals surface area contributed by atoms with Gasteiger partial charge in [0.15, 0.2) is 0 Å². The van der Waals surface area contributed by atoms with E-state index in [-0.39, 0.29) is 0 Å². The van der Waals surface area contributed by atoms with E-state index in [0.717, 1.165) is 39.1 Å². The largest absolute Gasteiger partial charge is 0.465 e. The van der Waals surface area contributed by atoms with Gasteiger partial charge in [0, 0.05) is 13.1 Å². The molecular formula is C13H29N3O. The third-order valence-electron chi connectivity index (χ3n) is 2.35. The van der Waals surface area contributed by atoms with Crippen molar-refractivity contribution in [2.45, 2.75) is 39.5 Å². The molecule has 0 radical (unpaired) electrons. The maximum absolute atomic E-state index is 5.62. The quantitative estimate of drug-likeness (QED) is 0.383. The molecule has 0 unspecified atom stereocenters. The van der Waals surface area contributed by atoms with Gasteiger partial charge in [-0.15, -0.1) is 0 Å². The minimum atomic E-state index is 0.711. The predicted octanol–water partition coefficient (Wildman–Crippen LogP) is 2.11. The van der Waals surface area contributed by atoms with Crippen molar-refractivity contribution < 1.29 is 4.74 Å². The SMILES string of the molecule is CCCCCO/C(=N\CC)NCCCN(C)C. The zero-order valence-corrected chi connectivity index (χ0v) is 12.0. The molecule has 1 N–H and O–H groups in total. The monoisotopic (exact) mass is 243 g/mol. The van der Waals surface area contributed by atoms with Crippen LogP contribution in [0.3, 0.4) is 0 Å². The lowest BCUT2D eigenvalue weighted by molar-refractivity contribution is 0.277. The van der Waals surface area contributed by atoms with Crippen molar-refractivity contribution in [3.05, 3.63) is 0 Å². The van der Waals surface area contributed by atoms with Gasteiger partial charge in [-0.1, -0.05) is 19.8 Å². The van der Waals surface area contributed by atoms with E-state index in [1.54, 1.807) is 0 Å². The van der Waals surface area contributed by atoms with Crippen LogP contribution in [-0.2, 0) is 4.74 Å². The van der Waals surface area contributed by atoms with Gasteiger partial charge in [0.2, 0.25) is 0 Å². The summed E-state index contributed by atoms with van der Waals surface area (Å²) < 4.78 is 5.62. The molecule has 0 aliphatic carbocycles. The molecule has 0 saturated heterocycles. The molecule has 17 heavy (non-hydrogen) atoms. The third-order valence-corrected chi connectivity index (χ3v) is 2.35. The van der Waals surface area contributed by atoms with E-state index in [4.69, 9.17) is 4.74 Å². The standard InChI is InChI=1S/C13H29N3O/c1-5-7-8-12-17-13(14-6-2)15-10-9-11-16(3)4/h5-12H2,1-4H3,(H,14,15). The molecule has 0 rings (SSSR count). The first kappa shape index (κ1) is 16.2. The Morgan fingerprint density at radius 1 is 1.18 bits per heavy atom. The topological polar surface area (TPSA) is 36.9 Å². The normalized spacial score (nSPS) is 11.9. The smallest absolute Gasteiger partial charge is 0.284 e. The van der Waals surface area contributed by atoms with Crippen molar-refractivity contribution >= 4 is 6.02 Å². The van der Waals surface area contributed by atoms with Gasteiger partial charge in [-0.25, -0.2) is 4.99 Å². The summed E-state index contributed by atoms with van der Waals surface area (Å²) in [6.07, 6.45) is 4.66. The first-order valence-corrected chi connectivity index (χ1v) is 6.76. The van der Waals surface area contributed by atoms with Gasteiger partial charge >= 0.3 is 0 Å². The number of hydrogen-bond donors (Lipinski definition) is 1. The lowest BCUT2D eigenvalue weighted by Crippen LogP contribution is -2.29. The van der Waals surface area contributed by atoms with E-state index in [9.17, 15) is 0 Å². The molecule has 0 saturated carbocycles. The number of hydrogen-bond acceptors (Lipinski definition) is 3. The Labute approximate surface area is 106 Å². The lowest BCUT2D eigenvalue weighted by Gasteiger charge is -2.13. The van der Waals surface area contributed by atoms with E-state index < -0.39 is 0 Å². The van der Waals surface area contributed by atoms with Gasteiger partial charge in [0.1, 0.15) is 0 Å². The highest BCUT2D eigenvalue weighted by Crippen LogP contribution is 1.94. The Kier molecular flexibility index (Phi) is 11.2. The minimum Gasteiger partial charge on any atom is -0.465 e. The van der Waals surface area contributed by atoms with E-state index in [1.165, 1.54) is 12.8 Å². The lowest BCUT2D eigenvalue weighted by atomic mass is 10.3. The summed E-state index contributed by atoms with van der Waals surface area (Å²) in [5.74, 6) is 0. The number of nitrogens with zero attached hydrogens (tertiary/aromatic N) is 2. The molecule has 0 aromatic heterocycles. The fourth-order valence-electron chi connectivity index (χ4n) is 1.41. The van der Waals surface area contributed by atoms with Gasteiger partial charge in [-0.05, 0) is 40.4 Å². The van der Waals surface area contributed by atoms with Crippen LogP contribution < -0.4 is 5.32 Å². The number of unbranched alkanes of at least 4 members (excludes halogenated alkanes) is 2. The Bertz CT molecular complexity index is 193. The van der Waals surface area contributed by atoms with Crippen molar-refractivity contribution in [2.24, 2.45) is 4.99 Å². The molecule has 102 valence electrons. The molecule has 0 aliphatic heterocycles. The molecule has 0 aromatic rings. The molecule has 0 heterocycles. The van der Waals surface area contributed by atoms with Crippen LogP contribution in [0.25, 0.3) is 0 Å². The van der Waals surface area contributed by atoms with Crippen LogP contribution in [-0.4, -0.2) is 51.3 Å². The van der Waals surface area contributed by atoms with Crippen LogP contribution in [0.4, 0.5) is 0 Å². The summed E-state index contributed by atoms with van der Waals surface area (Å²) in [5.41, 5.74) is 0. The molecule has 0 amide bonds. The predicted molar refractivity (Wildman–Crippen MR) is 74.6 cm³/mol. The van der Waals surface area contributed by atoms with E-state index in [1.807, 2.05) is 6.92 Å². The average Bonchev–Trinajstić information content (AvgIpc) is 2.29. The second-order valence-electron chi connectivity index (χ2n) is 4.42. The van der Waals surface area contributed by atoms with E-state index in [0.29, 0.717) is 6.02 Å². The van der Waals surface area contributed by atoms with Gasteiger partial charge in [-0.3, -0.25) is 0 Å². The Balaban J connectivity index is 3.64. The third kappa shape index (κ3) is 11.5. The number of rotatable bonds is 9. The minimum absolute atomic E-state index is 0.711. The van der Waals surface area contributed by atoms with Crippen molar-refractivity contribution in [1.82, 2.24) is 10.2 Å². The zero-order valence-electron chi connectivity index (χ0n) is 12.0. The van der Waals surface area contributed by atoms with Crippen molar-refractivity contribution in [1.29, 1.82) is 0 Å². The van der Waals surface area contributed by atoms with Crippen LogP contribution in [0, 0.1) is 0 Å². The molecule has 0 aliphatic rings. The molecule has 0 spiro atoms.